The monoisotopic (exact) mass is 439 g/mol. The topological polar surface area (TPSA) is 68.2 Å². The molecule has 0 aromatic heterocycles. The van der Waals surface area contributed by atoms with Gasteiger partial charge in [-0.05, 0) is 67.9 Å². The maximum Gasteiger partial charge on any atom is 0.222 e. The summed E-state index contributed by atoms with van der Waals surface area (Å²) in [6, 6.07) is 11.7. The number of ether oxygens (including phenoxy) is 3. The summed E-state index contributed by atoms with van der Waals surface area (Å²) in [6.07, 6.45) is 5.63. The van der Waals surface area contributed by atoms with E-state index in [1.165, 1.54) is 11.1 Å². The summed E-state index contributed by atoms with van der Waals surface area (Å²) in [5.74, 6) is 1.75. The summed E-state index contributed by atoms with van der Waals surface area (Å²) in [6.45, 7) is 2.14. The fourth-order valence-corrected chi connectivity index (χ4v) is 5.07. The number of piperidine rings is 1. The van der Waals surface area contributed by atoms with E-state index in [2.05, 4.69) is 6.07 Å². The number of phenols is 1. The minimum atomic E-state index is -0.340. The van der Waals surface area contributed by atoms with Crippen LogP contribution in [-0.2, 0) is 28.0 Å². The number of rotatable bonds is 7. The summed E-state index contributed by atoms with van der Waals surface area (Å²) >= 11 is 0. The molecule has 0 atom stereocenters. The number of benzene rings is 2. The molecule has 0 saturated carbocycles. The fraction of sp³-hybridized carbons (Fsp3) is 0.500. The third-order valence-corrected chi connectivity index (χ3v) is 6.81. The van der Waals surface area contributed by atoms with Gasteiger partial charge in [-0.15, -0.1) is 0 Å². The van der Waals surface area contributed by atoms with Crippen molar-refractivity contribution in [3.8, 4) is 17.2 Å². The summed E-state index contributed by atoms with van der Waals surface area (Å²) in [4.78, 5) is 14.8. The van der Waals surface area contributed by atoms with Crippen LogP contribution in [0.1, 0.15) is 48.8 Å². The number of aryl methyl sites for hydroxylation is 1. The van der Waals surface area contributed by atoms with Gasteiger partial charge in [-0.25, -0.2) is 0 Å². The zero-order valence-electron chi connectivity index (χ0n) is 19.1. The van der Waals surface area contributed by atoms with E-state index in [0.717, 1.165) is 56.4 Å². The average molecular weight is 440 g/mol. The lowest BCUT2D eigenvalue weighted by Gasteiger charge is -2.45. The molecule has 172 valence electrons. The Hall–Kier alpha value is -2.73. The Morgan fingerprint density at radius 1 is 1.09 bits per heavy atom. The second-order valence-electron chi connectivity index (χ2n) is 8.68. The molecule has 2 heterocycles. The third-order valence-electron chi connectivity index (χ3n) is 6.81. The first-order chi connectivity index (χ1) is 15.6. The lowest BCUT2D eigenvalue weighted by Crippen LogP contribution is -2.48. The molecule has 32 heavy (non-hydrogen) atoms. The van der Waals surface area contributed by atoms with Crippen molar-refractivity contribution < 1.29 is 24.1 Å². The Morgan fingerprint density at radius 3 is 2.59 bits per heavy atom. The van der Waals surface area contributed by atoms with Crippen LogP contribution in [-0.4, -0.2) is 49.8 Å². The molecular formula is C26H33NO5. The fourth-order valence-electron chi connectivity index (χ4n) is 5.07. The van der Waals surface area contributed by atoms with Gasteiger partial charge in [0.25, 0.3) is 0 Å². The van der Waals surface area contributed by atoms with E-state index in [9.17, 15) is 9.90 Å². The first-order valence-electron chi connectivity index (χ1n) is 11.5. The maximum atomic E-state index is 12.8. The second kappa shape index (κ2) is 9.82. The van der Waals surface area contributed by atoms with Gasteiger partial charge >= 0.3 is 0 Å². The molecule has 2 aliphatic heterocycles. The molecule has 0 aliphatic carbocycles. The third kappa shape index (κ3) is 4.56. The molecule has 0 bridgehead atoms. The second-order valence-corrected chi connectivity index (χ2v) is 8.68. The summed E-state index contributed by atoms with van der Waals surface area (Å²) in [5, 5.41) is 9.90. The molecule has 2 aromatic rings. The molecule has 6 nitrogen and oxygen atoms in total. The van der Waals surface area contributed by atoms with Gasteiger partial charge in [-0.3, -0.25) is 4.79 Å². The lowest BCUT2D eigenvalue weighted by atomic mass is 9.78. The lowest BCUT2D eigenvalue weighted by molar-refractivity contribution is -0.141. The number of carbonyl (C=O) groups excluding carboxylic acids is 1. The van der Waals surface area contributed by atoms with Crippen molar-refractivity contribution in [3.05, 3.63) is 53.1 Å². The van der Waals surface area contributed by atoms with Gasteiger partial charge < -0.3 is 24.2 Å². The van der Waals surface area contributed by atoms with E-state index in [1.54, 1.807) is 26.4 Å². The average Bonchev–Trinajstić information content (AvgIpc) is 2.82. The van der Waals surface area contributed by atoms with Crippen molar-refractivity contribution in [1.29, 1.82) is 0 Å². The predicted molar refractivity (Wildman–Crippen MR) is 122 cm³/mol. The molecule has 2 aromatic carbocycles. The molecule has 0 unspecified atom stereocenters. The number of carbonyl (C=O) groups is 1. The number of likely N-dealkylation sites (tertiary alicyclic amines) is 1. The van der Waals surface area contributed by atoms with Crippen molar-refractivity contribution in [3.63, 3.8) is 0 Å². The number of hydrogen-bond donors (Lipinski definition) is 1. The van der Waals surface area contributed by atoms with Crippen molar-refractivity contribution in [2.75, 3.05) is 33.9 Å². The largest absolute Gasteiger partial charge is 0.504 e. The minimum absolute atomic E-state index is 0.159. The van der Waals surface area contributed by atoms with Crippen molar-refractivity contribution in [1.82, 2.24) is 4.90 Å². The smallest absolute Gasteiger partial charge is 0.222 e. The van der Waals surface area contributed by atoms with Crippen LogP contribution in [0.15, 0.2) is 36.4 Å². The Labute approximate surface area is 190 Å². The van der Waals surface area contributed by atoms with Crippen LogP contribution >= 0.6 is 0 Å². The number of aromatic hydroxyl groups is 1. The molecule has 1 amide bonds. The van der Waals surface area contributed by atoms with Crippen LogP contribution in [0.2, 0.25) is 0 Å². The highest BCUT2D eigenvalue weighted by Gasteiger charge is 2.43. The molecular weight excluding hydrogens is 406 g/mol. The van der Waals surface area contributed by atoms with E-state index in [0.29, 0.717) is 25.3 Å². The number of hydrogen-bond acceptors (Lipinski definition) is 5. The number of amides is 1. The molecule has 2 aliphatic rings. The van der Waals surface area contributed by atoms with Crippen LogP contribution < -0.4 is 9.47 Å². The quantitative estimate of drug-likeness (QED) is 0.655. The minimum Gasteiger partial charge on any atom is -0.504 e. The predicted octanol–water partition coefficient (Wildman–Crippen LogP) is 4.21. The van der Waals surface area contributed by atoms with Crippen molar-refractivity contribution in [2.45, 2.75) is 50.5 Å². The van der Waals surface area contributed by atoms with Gasteiger partial charge in [-0.2, -0.15) is 0 Å². The first-order valence-corrected chi connectivity index (χ1v) is 11.5. The van der Waals surface area contributed by atoms with Gasteiger partial charge in [0.1, 0.15) is 11.4 Å². The number of methoxy groups -OCH3 is 2. The Morgan fingerprint density at radius 2 is 1.88 bits per heavy atom. The number of unbranched alkanes of at least 4 members (excludes halogenated alkanes) is 1. The van der Waals surface area contributed by atoms with E-state index >= 15 is 0 Å². The molecule has 1 saturated heterocycles. The number of phenolic OH excluding ortho intramolecular Hbond substituents is 1. The number of nitrogens with zero attached hydrogens (tertiary/aromatic N) is 1. The summed E-state index contributed by atoms with van der Waals surface area (Å²) < 4.78 is 17.1. The number of fused-ring (bicyclic) bond motifs is 2. The van der Waals surface area contributed by atoms with Crippen LogP contribution in [0.25, 0.3) is 0 Å². The van der Waals surface area contributed by atoms with Gasteiger partial charge in [0.15, 0.2) is 11.5 Å². The maximum absolute atomic E-state index is 12.8. The van der Waals surface area contributed by atoms with Gasteiger partial charge in [0, 0.05) is 25.1 Å². The Balaban J connectivity index is 1.28. The zero-order valence-corrected chi connectivity index (χ0v) is 19.1. The van der Waals surface area contributed by atoms with Crippen LogP contribution in [0.5, 0.6) is 17.2 Å². The SMILES string of the molecule is COc1ccc(CCCCC(=O)N2CCC3(CC2)OCCc2cccc(OC)c23)cc1O. The Bertz CT molecular complexity index is 935. The van der Waals surface area contributed by atoms with Gasteiger partial charge in [0.2, 0.25) is 5.91 Å². The molecule has 4 rings (SSSR count). The zero-order chi connectivity index (χ0) is 22.6. The Kier molecular flexibility index (Phi) is 6.89. The summed E-state index contributed by atoms with van der Waals surface area (Å²) in [7, 11) is 3.25. The van der Waals surface area contributed by atoms with Gasteiger partial charge in [0.05, 0.1) is 20.8 Å². The van der Waals surface area contributed by atoms with Crippen LogP contribution in [0.3, 0.4) is 0 Å². The van der Waals surface area contributed by atoms with Crippen LogP contribution in [0.4, 0.5) is 0 Å². The van der Waals surface area contributed by atoms with Crippen LogP contribution in [0, 0.1) is 0 Å². The standard InChI is InChI=1S/C26H33NO5/c1-30-22-11-10-19(18-21(22)28)6-3-4-9-24(29)27-15-13-26(14-16-27)25-20(12-17-32-26)7-5-8-23(25)31-2/h5,7-8,10-11,18,28H,3-4,6,9,12-17H2,1-2H3. The normalized spacial score (nSPS) is 17.1. The molecule has 1 spiro atoms. The summed E-state index contributed by atoms with van der Waals surface area (Å²) in [5.41, 5.74) is 3.20. The highest BCUT2D eigenvalue weighted by molar-refractivity contribution is 5.76. The molecule has 6 heteroatoms. The van der Waals surface area contributed by atoms with E-state index in [1.807, 2.05) is 23.1 Å². The van der Waals surface area contributed by atoms with E-state index in [-0.39, 0.29) is 17.3 Å². The van der Waals surface area contributed by atoms with E-state index in [4.69, 9.17) is 14.2 Å². The van der Waals surface area contributed by atoms with Gasteiger partial charge in [-0.1, -0.05) is 18.2 Å². The van der Waals surface area contributed by atoms with Crippen molar-refractivity contribution in [2.24, 2.45) is 0 Å². The highest BCUT2D eigenvalue weighted by atomic mass is 16.5. The molecule has 1 fully saturated rings. The first kappa shape index (κ1) is 22.5. The molecule has 1 N–H and O–H groups in total. The molecule has 0 radical (unpaired) electrons. The van der Waals surface area contributed by atoms with Crippen molar-refractivity contribution >= 4 is 5.91 Å². The highest BCUT2D eigenvalue weighted by Crippen LogP contribution is 2.45. The van der Waals surface area contributed by atoms with E-state index < -0.39 is 0 Å².